The molecule has 0 bridgehead atoms. The number of nitrogens with zero attached hydrogens (tertiary/aromatic N) is 2. The topological polar surface area (TPSA) is 72.1 Å². The fraction of sp³-hybridized carbons (Fsp3) is 0.125. The quantitative estimate of drug-likeness (QED) is 0.265. The molecule has 1 amide bonds. The van der Waals surface area contributed by atoms with Crippen LogP contribution in [0.1, 0.15) is 29.7 Å². The fourth-order valence-corrected chi connectivity index (χ4v) is 5.63. The SMILES string of the molecule is CC1=C(C(=O)Nc2ccc(C)cc2C)[C@H](c2ccc3oc4ccccc4c3c2)n2c(nc3ccccc32)N1. The Morgan fingerprint density at radius 1 is 0.895 bits per heavy atom. The van der Waals surface area contributed by atoms with Crippen LogP contribution in [0.4, 0.5) is 11.6 Å². The molecule has 2 aromatic heterocycles. The highest BCUT2D eigenvalue weighted by Gasteiger charge is 2.34. The van der Waals surface area contributed by atoms with Crippen LogP contribution in [0, 0.1) is 13.8 Å². The van der Waals surface area contributed by atoms with E-state index in [4.69, 9.17) is 9.40 Å². The van der Waals surface area contributed by atoms with Gasteiger partial charge in [0.05, 0.1) is 22.6 Å². The van der Waals surface area contributed by atoms with Crippen molar-refractivity contribution in [3.8, 4) is 0 Å². The highest BCUT2D eigenvalue weighted by Crippen LogP contribution is 2.41. The number of hydrogen-bond donors (Lipinski definition) is 2. The predicted molar refractivity (Wildman–Crippen MR) is 152 cm³/mol. The molecule has 1 aliphatic rings. The molecular weight excluding hydrogens is 472 g/mol. The lowest BCUT2D eigenvalue weighted by Gasteiger charge is -2.31. The number of aromatic nitrogens is 2. The average molecular weight is 499 g/mol. The van der Waals surface area contributed by atoms with Gasteiger partial charge in [-0.3, -0.25) is 9.36 Å². The summed E-state index contributed by atoms with van der Waals surface area (Å²) in [6, 6.07) is 27.9. The number of carbonyl (C=O) groups excluding carboxylic acids is 1. The number of benzene rings is 4. The van der Waals surface area contributed by atoms with Crippen LogP contribution in [-0.4, -0.2) is 15.5 Å². The molecule has 2 N–H and O–H groups in total. The molecule has 4 aromatic carbocycles. The van der Waals surface area contributed by atoms with Gasteiger partial charge in [0.1, 0.15) is 11.2 Å². The van der Waals surface area contributed by atoms with Gasteiger partial charge in [-0.15, -0.1) is 0 Å². The van der Waals surface area contributed by atoms with Gasteiger partial charge in [0.2, 0.25) is 5.95 Å². The first-order valence-electron chi connectivity index (χ1n) is 12.7. The van der Waals surface area contributed by atoms with Crippen LogP contribution in [0.15, 0.2) is 101 Å². The number of furan rings is 1. The molecule has 38 heavy (non-hydrogen) atoms. The zero-order valence-corrected chi connectivity index (χ0v) is 21.4. The molecule has 0 unspecified atom stereocenters. The Bertz CT molecular complexity index is 1940. The molecule has 6 heteroatoms. The van der Waals surface area contributed by atoms with Crippen LogP contribution in [0.3, 0.4) is 0 Å². The number of nitrogens with one attached hydrogen (secondary N) is 2. The molecule has 186 valence electrons. The van der Waals surface area contributed by atoms with E-state index in [0.717, 1.165) is 61.0 Å². The summed E-state index contributed by atoms with van der Waals surface area (Å²) in [5, 5.41) is 8.66. The number of rotatable bonds is 3. The van der Waals surface area contributed by atoms with Crippen LogP contribution >= 0.6 is 0 Å². The second kappa shape index (κ2) is 8.35. The van der Waals surface area contributed by atoms with Crippen molar-refractivity contribution in [1.29, 1.82) is 0 Å². The molecule has 7 rings (SSSR count). The summed E-state index contributed by atoms with van der Waals surface area (Å²) in [4.78, 5) is 18.9. The molecule has 0 fully saturated rings. The van der Waals surface area contributed by atoms with Crippen molar-refractivity contribution in [1.82, 2.24) is 9.55 Å². The summed E-state index contributed by atoms with van der Waals surface area (Å²) >= 11 is 0. The van der Waals surface area contributed by atoms with Crippen molar-refractivity contribution in [3.05, 3.63) is 113 Å². The highest BCUT2D eigenvalue weighted by molar-refractivity contribution is 6.08. The third-order valence-electron chi connectivity index (χ3n) is 7.42. The van der Waals surface area contributed by atoms with Crippen molar-refractivity contribution in [2.24, 2.45) is 0 Å². The van der Waals surface area contributed by atoms with Gasteiger partial charge in [-0.2, -0.15) is 0 Å². The second-order valence-corrected chi connectivity index (χ2v) is 9.99. The van der Waals surface area contributed by atoms with E-state index >= 15 is 0 Å². The maximum Gasteiger partial charge on any atom is 0.255 e. The monoisotopic (exact) mass is 498 g/mol. The van der Waals surface area contributed by atoms with Crippen LogP contribution in [-0.2, 0) is 4.79 Å². The summed E-state index contributed by atoms with van der Waals surface area (Å²) in [6.07, 6.45) is 0. The van der Waals surface area contributed by atoms with E-state index in [1.165, 1.54) is 0 Å². The van der Waals surface area contributed by atoms with Gasteiger partial charge in [-0.05, 0) is 68.3 Å². The Morgan fingerprint density at radius 2 is 1.68 bits per heavy atom. The third-order valence-corrected chi connectivity index (χ3v) is 7.42. The molecule has 1 atom stereocenters. The first-order valence-corrected chi connectivity index (χ1v) is 12.7. The number of aryl methyl sites for hydroxylation is 2. The molecule has 0 saturated carbocycles. The Balaban J connectivity index is 1.43. The van der Waals surface area contributed by atoms with Crippen molar-refractivity contribution >= 4 is 50.5 Å². The van der Waals surface area contributed by atoms with E-state index in [0.29, 0.717) is 11.5 Å². The molecule has 6 nitrogen and oxygen atoms in total. The van der Waals surface area contributed by atoms with E-state index in [-0.39, 0.29) is 11.9 Å². The van der Waals surface area contributed by atoms with Gasteiger partial charge in [-0.25, -0.2) is 4.98 Å². The Labute approximate surface area is 219 Å². The average Bonchev–Trinajstić information content (AvgIpc) is 3.47. The first kappa shape index (κ1) is 22.4. The highest BCUT2D eigenvalue weighted by atomic mass is 16.3. The van der Waals surface area contributed by atoms with E-state index in [9.17, 15) is 4.79 Å². The van der Waals surface area contributed by atoms with E-state index in [2.05, 4.69) is 39.5 Å². The van der Waals surface area contributed by atoms with Crippen LogP contribution in [0.25, 0.3) is 33.0 Å². The number of fused-ring (bicyclic) bond motifs is 6. The van der Waals surface area contributed by atoms with Gasteiger partial charge in [0, 0.05) is 22.2 Å². The number of amides is 1. The molecular formula is C32H26N4O2. The van der Waals surface area contributed by atoms with E-state index < -0.39 is 0 Å². The van der Waals surface area contributed by atoms with E-state index in [1.54, 1.807) is 0 Å². The summed E-state index contributed by atoms with van der Waals surface area (Å²) in [5.41, 5.74) is 8.89. The van der Waals surface area contributed by atoms with Gasteiger partial charge < -0.3 is 15.1 Å². The first-order chi connectivity index (χ1) is 18.5. The number of carbonyl (C=O) groups is 1. The zero-order valence-electron chi connectivity index (χ0n) is 21.4. The normalized spacial score (nSPS) is 15.2. The molecule has 3 heterocycles. The summed E-state index contributed by atoms with van der Waals surface area (Å²) < 4.78 is 8.22. The lowest BCUT2D eigenvalue weighted by molar-refractivity contribution is -0.113. The van der Waals surface area contributed by atoms with Crippen LogP contribution in [0.5, 0.6) is 0 Å². The zero-order chi connectivity index (χ0) is 26.0. The van der Waals surface area contributed by atoms with Gasteiger partial charge in [0.25, 0.3) is 5.91 Å². The summed E-state index contributed by atoms with van der Waals surface area (Å²) in [6.45, 7) is 6.01. The van der Waals surface area contributed by atoms with Crippen molar-refractivity contribution < 1.29 is 9.21 Å². The van der Waals surface area contributed by atoms with Gasteiger partial charge in [-0.1, -0.05) is 54.1 Å². The Hall–Kier alpha value is -4.84. The van der Waals surface area contributed by atoms with Crippen LogP contribution in [0.2, 0.25) is 0 Å². The number of anilines is 2. The van der Waals surface area contributed by atoms with Gasteiger partial charge >= 0.3 is 0 Å². The second-order valence-electron chi connectivity index (χ2n) is 9.99. The smallest absolute Gasteiger partial charge is 0.255 e. The molecule has 0 spiro atoms. The molecule has 0 saturated heterocycles. The van der Waals surface area contributed by atoms with Crippen LogP contribution < -0.4 is 10.6 Å². The van der Waals surface area contributed by atoms with Crippen molar-refractivity contribution in [2.75, 3.05) is 10.6 Å². The standard InChI is InChI=1S/C32H26N4O2/c1-18-12-14-24(19(2)16-18)34-31(37)29-20(3)33-32-35-25-9-5-6-10-26(25)36(32)30(29)21-13-15-28-23(17-21)22-8-4-7-11-27(22)38-28/h4-17,30H,1-3H3,(H,33,35)(H,34,37)/t30-/m0/s1. The minimum absolute atomic E-state index is 0.146. The maximum atomic E-state index is 14.0. The minimum Gasteiger partial charge on any atom is -0.456 e. The van der Waals surface area contributed by atoms with Crippen molar-refractivity contribution in [2.45, 2.75) is 26.8 Å². The lowest BCUT2D eigenvalue weighted by atomic mass is 9.93. The number of imidazole rings is 1. The third kappa shape index (κ3) is 3.41. The van der Waals surface area contributed by atoms with E-state index in [1.807, 2.05) is 81.4 Å². The lowest BCUT2D eigenvalue weighted by Crippen LogP contribution is -2.31. The number of allylic oxidation sites excluding steroid dienone is 1. The maximum absolute atomic E-state index is 14.0. The number of hydrogen-bond acceptors (Lipinski definition) is 4. The fourth-order valence-electron chi connectivity index (χ4n) is 5.63. The largest absolute Gasteiger partial charge is 0.456 e. The van der Waals surface area contributed by atoms with Crippen molar-refractivity contribution in [3.63, 3.8) is 0 Å². The van der Waals surface area contributed by atoms with Gasteiger partial charge in [0.15, 0.2) is 0 Å². The molecule has 1 aliphatic heterocycles. The molecule has 0 radical (unpaired) electrons. The molecule has 6 aromatic rings. The summed E-state index contributed by atoms with van der Waals surface area (Å²) in [5.74, 6) is 0.571. The predicted octanol–water partition coefficient (Wildman–Crippen LogP) is 7.48. The summed E-state index contributed by atoms with van der Waals surface area (Å²) in [7, 11) is 0. The number of para-hydroxylation sites is 3. The Morgan fingerprint density at radius 3 is 2.55 bits per heavy atom. The molecule has 0 aliphatic carbocycles. The minimum atomic E-state index is -0.387. The Kier molecular flexibility index (Phi) is 4.91.